The molecule has 0 rings (SSSR count). The highest BCUT2D eigenvalue weighted by Gasteiger charge is 2.22. The van der Waals surface area contributed by atoms with Crippen molar-refractivity contribution in [1.82, 2.24) is 10.6 Å². The Hall–Kier alpha value is -0.650. The molecule has 0 aliphatic heterocycles. The third-order valence-electron chi connectivity index (χ3n) is 2.85. The van der Waals surface area contributed by atoms with Crippen molar-refractivity contribution in [2.75, 3.05) is 13.2 Å². The Bertz CT molecular complexity index is 228. The molecule has 0 aromatic heterocycles. The van der Waals surface area contributed by atoms with E-state index in [-0.39, 0.29) is 31.1 Å². The van der Waals surface area contributed by atoms with Crippen LogP contribution in [0.25, 0.3) is 0 Å². The van der Waals surface area contributed by atoms with Crippen LogP contribution in [-0.4, -0.2) is 47.0 Å². The molecule has 17 heavy (non-hydrogen) atoms. The molecular weight excluding hydrogens is 220 g/mol. The van der Waals surface area contributed by atoms with Gasteiger partial charge in [0, 0.05) is 12.6 Å². The molecule has 2 unspecified atom stereocenters. The van der Waals surface area contributed by atoms with Gasteiger partial charge in [0.15, 0.2) is 0 Å². The van der Waals surface area contributed by atoms with Crippen LogP contribution in [0.4, 0.5) is 0 Å². The summed E-state index contributed by atoms with van der Waals surface area (Å²) in [4.78, 5) is 11.8. The quantitative estimate of drug-likeness (QED) is 0.486. The van der Waals surface area contributed by atoms with Gasteiger partial charge >= 0.3 is 0 Å². The maximum Gasteiger partial charge on any atom is 0.237 e. The van der Waals surface area contributed by atoms with E-state index >= 15 is 0 Å². The maximum atomic E-state index is 11.8. The minimum atomic E-state index is -1.19. The van der Waals surface area contributed by atoms with Crippen molar-refractivity contribution >= 4 is 5.91 Å². The molecule has 0 heterocycles. The lowest BCUT2D eigenvalue weighted by molar-refractivity contribution is -0.123. The number of nitrogens with one attached hydrogen (secondary N) is 2. The molecule has 1 amide bonds. The standard InChI is InChI=1S/C12H26N2O3/c1-5-10(6-2)14-11(16)9(3)13-7-12(4,17)8-15/h9-10,13,15,17H,5-8H2,1-4H3,(H,14,16). The van der Waals surface area contributed by atoms with Gasteiger partial charge in [-0.25, -0.2) is 0 Å². The molecule has 0 aromatic rings. The molecule has 5 heteroatoms. The second-order valence-corrected chi connectivity index (χ2v) is 4.78. The van der Waals surface area contributed by atoms with Crippen molar-refractivity contribution < 1.29 is 15.0 Å². The zero-order valence-electron chi connectivity index (χ0n) is 11.3. The van der Waals surface area contributed by atoms with Crippen molar-refractivity contribution in [2.45, 2.75) is 58.2 Å². The first-order valence-electron chi connectivity index (χ1n) is 6.23. The largest absolute Gasteiger partial charge is 0.393 e. The Morgan fingerprint density at radius 2 is 1.88 bits per heavy atom. The van der Waals surface area contributed by atoms with E-state index in [9.17, 15) is 9.90 Å². The van der Waals surface area contributed by atoms with Crippen LogP contribution in [0, 0.1) is 0 Å². The lowest BCUT2D eigenvalue weighted by atomic mass is 10.1. The predicted molar refractivity (Wildman–Crippen MR) is 67.7 cm³/mol. The van der Waals surface area contributed by atoms with Crippen LogP contribution in [0.3, 0.4) is 0 Å². The van der Waals surface area contributed by atoms with Crippen LogP contribution in [0.1, 0.15) is 40.5 Å². The minimum Gasteiger partial charge on any atom is -0.393 e. The van der Waals surface area contributed by atoms with Crippen LogP contribution in [0.5, 0.6) is 0 Å². The number of carbonyl (C=O) groups is 1. The topological polar surface area (TPSA) is 81.6 Å². The van der Waals surface area contributed by atoms with Gasteiger partial charge in [0.1, 0.15) is 0 Å². The summed E-state index contributed by atoms with van der Waals surface area (Å²) in [6.07, 6.45) is 1.81. The Balaban J connectivity index is 4.06. The van der Waals surface area contributed by atoms with Crippen LogP contribution in [-0.2, 0) is 4.79 Å². The summed E-state index contributed by atoms with van der Waals surface area (Å²) in [5.74, 6) is -0.0764. The number of hydrogen-bond acceptors (Lipinski definition) is 4. The SMILES string of the molecule is CCC(CC)NC(=O)C(C)NCC(C)(O)CO. The van der Waals surface area contributed by atoms with Crippen molar-refractivity contribution in [3.05, 3.63) is 0 Å². The summed E-state index contributed by atoms with van der Waals surface area (Å²) in [7, 11) is 0. The van der Waals surface area contributed by atoms with Crippen LogP contribution < -0.4 is 10.6 Å². The van der Waals surface area contributed by atoms with Crippen molar-refractivity contribution in [3.63, 3.8) is 0 Å². The molecule has 0 saturated heterocycles. The summed E-state index contributed by atoms with van der Waals surface area (Å²) in [6, 6.07) is -0.182. The highest BCUT2D eigenvalue weighted by Crippen LogP contribution is 2.00. The highest BCUT2D eigenvalue weighted by molar-refractivity contribution is 5.81. The average Bonchev–Trinajstić information content (AvgIpc) is 2.32. The van der Waals surface area contributed by atoms with Gasteiger partial charge in [-0.3, -0.25) is 4.79 Å². The van der Waals surface area contributed by atoms with Crippen molar-refractivity contribution in [2.24, 2.45) is 0 Å². The van der Waals surface area contributed by atoms with Crippen LogP contribution in [0.2, 0.25) is 0 Å². The first-order chi connectivity index (χ1) is 7.86. The molecule has 0 aliphatic rings. The molecule has 4 N–H and O–H groups in total. The molecule has 0 spiro atoms. The molecule has 5 nitrogen and oxygen atoms in total. The van der Waals surface area contributed by atoms with Gasteiger partial charge in [-0.15, -0.1) is 0 Å². The molecule has 0 aliphatic carbocycles. The van der Waals surface area contributed by atoms with E-state index < -0.39 is 5.60 Å². The summed E-state index contributed by atoms with van der Waals surface area (Å²) in [6.45, 7) is 7.17. The second kappa shape index (κ2) is 7.63. The van der Waals surface area contributed by atoms with E-state index in [1.54, 1.807) is 6.92 Å². The summed E-state index contributed by atoms with van der Waals surface area (Å²) in [5, 5.41) is 24.3. The van der Waals surface area contributed by atoms with Gasteiger partial charge in [0.2, 0.25) is 5.91 Å². The van der Waals surface area contributed by atoms with Crippen LogP contribution in [0.15, 0.2) is 0 Å². The first-order valence-corrected chi connectivity index (χ1v) is 6.23. The van der Waals surface area contributed by atoms with Crippen LogP contribution >= 0.6 is 0 Å². The number of hydrogen-bond donors (Lipinski definition) is 4. The third-order valence-corrected chi connectivity index (χ3v) is 2.85. The fraction of sp³-hybridized carbons (Fsp3) is 0.917. The van der Waals surface area contributed by atoms with Gasteiger partial charge in [-0.2, -0.15) is 0 Å². The van der Waals surface area contributed by atoms with E-state index in [0.29, 0.717) is 0 Å². The molecule has 0 aromatic carbocycles. The monoisotopic (exact) mass is 246 g/mol. The Kier molecular flexibility index (Phi) is 7.34. The zero-order valence-corrected chi connectivity index (χ0v) is 11.3. The summed E-state index contributed by atoms with van der Waals surface area (Å²) < 4.78 is 0. The lowest BCUT2D eigenvalue weighted by Gasteiger charge is -2.24. The van der Waals surface area contributed by atoms with Gasteiger partial charge in [0.25, 0.3) is 0 Å². The highest BCUT2D eigenvalue weighted by atomic mass is 16.3. The molecular formula is C12H26N2O3. The molecule has 0 bridgehead atoms. The second-order valence-electron chi connectivity index (χ2n) is 4.78. The molecule has 0 saturated carbocycles. The van der Waals surface area contributed by atoms with Gasteiger partial charge in [0.05, 0.1) is 18.2 Å². The average molecular weight is 246 g/mol. The summed E-state index contributed by atoms with van der Waals surface area (Å²) >= 11 is 0. The van der Waals surface area contributed by atoms with Crippen molar-refractivity contribution in [3.8, 4) is 0 Å². The smallest absolute Gasteiger partial charge is 0.237 e. The number of amides is 1. The molecule has 2 atom stereocenters. The van der Waals surface area contributed by atoms with Gasteiger partial charge < -0.3 is 20.8 Å². The molecule has 0 fully saturated rings. The molecule has 0 radical (unpaired) electrons. The van der Waals surface area contributed by atoms with E-state index in [1.807, 2.05) is 13.8 Å². The number of aliphatic hydroxyl groups excluding tert-OH is 1. The predicted octanol–water partition coefficient (Wildman–Crippen LogP) is 0.0126. The fourth-order valence-electron chi connectivity index (χ4n) is 1.34. The van der Waals surface area contributed by atoms with Gasteiger partial charge in [-0.1, -0.05) is 13.8 Å². The number of carbonyl (C=O) groups excluding carboxylic acids is 1. The zero-order chi connectivity index (χ0) is 13.5. The minimum absolute atomic E-state index is 0.0764. The fourth-order valence-corrected chi connectivity index (χ4v) is 1.34. The van der Waals surface area contributed by atoms with Gasteiger partial charge in [-0.05, 0) is 26.7 Å². The lowest BCUT2D eigenvalue weighted by Crippen LogP contribution is -2.51. The molecule has 102 valence electrons. The van der Waals surface area contributed by atoms with E-state index in [4.69, 9.17) is 5.11 Å². The first kappa shape index (κ1) is 16.4. The summed E-state index contributed by atoms with van der Waals surface area (Å²) in [5.41, 5.74) is -1.19. The van der Waals surface area contributed by atoms with E-state index in [0.717, 1.165) is 12.8 Å². The number of aliphatic hydroxyl groups is 2. The van der Waals surface area contributed by atoms with E-state index in [2.05, 4.69) is 10.6 Å². The van der Waals surface area contributed by atoms with Crippen molar-refractivity contribution in [1.29, 1.82) is 0 Å². The number of rotatable bonds is 8. The Morgan fingerprint density at radius 1 is 1.35 bits per heavy atom. The Morgan fingerprint density at radius 3 is 2.29 bits per heavy atom. The third kappa shape index (κ3) is 6.61. The maximum absolute atomic E-state index is 11.8. The normalized spacial score (nSPS) is 16.6. The van der Waals surface area contributed by atoms with E-state index in [1.165, 1.54) is 6.92 Å². The Labute approximate surface area is 104 Å².